The second-order valence-electron chi connectivity index (χ2n) is 5.81. The van der Waals surface area contributed by atoms with E-state index in [0.29, 0.717) is 12.5 Å². The average molecular weight is 282 g/mol. The Morgan fingerprint density at radius 1 is 1.19 bits per heavy atom. The summed E-state index contributed by atoms with van der Waals surface area (Å²) in [5.41, 5.74) is 1.09. The van der Waals surface area contributed by atoms with E-state index >= 15 is 0 Å². The fraction of sp³-hybridized carbons (Fsp3) is 0.500. The number of rotatable bonds is 5. The van der Waals surface area contributed by atoms with Crippen molar-refractivity contribution >= 4 is 0 Å². The molecule has 1 aliphatic carbocycles. The van der Waals surface area contributed by atoms with Gasteiger partial charge in [-0.3, -0.25) is 0 Å². The number of benzene rings is 1. The van der Waals surface area contributed by atoms with E-state index in [0.717, 1.165) is 23.7 Å². The van der Waals surface area contributed by atoms with Gasteiger partial charge in [-0.1, -0.05) is 17.9 Å². The number of ether oxygens (including phenoxy) is 1. The third-order valence-electron chi connectivity index (χ3n) is 4.21. The minimum atomic E-state index is 0.580. The highest BCUT2D eigenvalue weighted by Gasteiger charge is 2.18. The topological polar surface area (TPSA) is 9.23 Å². The Hall–Kier alpha value is -1.68. The molecule has 0 spiro atoms. The van der Waals surface area contributed by atoms with Gasteiger partial charge in [0.05, 0.1) is 6.61 Å². The minimum Gasteiger partial charge on any atom is -0.494 e. The molecule has 0 unspecified atom stereocenters. The van der Waals surface area contributed by atoms with Crippen LogP contribution >= 0.6 is 0 Å². The first-order valence-electron chi connectivity index (χ1n) is 8.17. The van der Waals surface area contributed by atoms with Gasteiger partial charge in [-0.15, -0.1) is 6.58 Å². The monoisotopic (exact) mass is 282 g/mol. The first-order chi connectivity index (χ1) is 10.3. The third kappa shape index (κ3) is 5.31. The normalized spacial score (nSPS) is 21.2. The zero-order valence-electron chi connectivity index (χ0n) is 13.1. The summed E-state index contributed by atoms with van der Waals surface area (Å²) >= 11 is 0. The molecule has 0 atom stereocenters. The molecule has 1 aliphatic rings. The molecular formula is C20H26O. The van der Waals surface area contributed by atoms with Crippen molar-refractivity contribution in [2.24, 2.45) is 11.8 Å². The molecule has 0 N–H and O–H groups in total. The van der Waals surface area contributed by atoms with Gasteiger partial charge in [-0.2, -0.15) is 0 Å². The van der Waals surface area contributed by atoms with Gasteiger partial charge in [-0.25, -0.2) is 0 Å². The molecule has 2 rings (SSSR count). The highest BCUT2D eigenvalue weighted by atomic mass is 16.5. The first kappa shape index (κ1) is 15.7. The molecule has 1 nitrogen and oxygen atoms in total. The van der Waals surface area contributed by atoms with Gasteiger partial charge < -0.3 is 4.74 Å². The predicted molar refractivity (Wildman–Crippen MR) is 89.4 cm³/mol. The molecule has 1 saturated carbocycles. The summed E-state index contributed by atoms with van der Waals surface area (Å²) in [4.78, 5) is 0. The predicted octanol–water partition coefficient (Wildman–Crippen LogP) is 5.21. The van der Waals surface area contributed by atoms with Crippen molar-refractivity contribution in [3.63, 3.8) is 0 Å². The quantitative estimate of drug-likeness (QED) is 0.532. The summed E-state index contributed by atoms with van der Waals surface area (Å²) in [6.45, 7) is 6.52. The van der Waals surface area contributed by atoms with Gasteiger partial charge in [0.1, 0.15) is 5.75 Å². The molecule has 0 radical (unpaired) electrons. The molecule has 0 bridgehead atoms. The van der Waals surface area contributed by atoms with E-state index in [2.05, 4.69) is 18.4 Å². The molecule has 21 heavy (non-hydrogen) atoms. The molecular weight excluding hydrogens is 256 g/mol. The molecule has 0 aliphatic heterocycles. The van der Waals surface area contributed by atoms with E-state index in [1.54, 1.807) is 0 Å². The van der Waals surface area contributed by atoms with Crippen molar-refractivity contribution < 1.29 is 4.74 Å². The van der Waals surface area contributed by atoms with E-state index in [4.69, 9.17) is 4.74 Å². The van der Waals surface area contributed by atoms with Crippen LogP contribution in [0.2, 0.25) is 0 Å². The SMILES string of the molecule is C=CCC[C@H]1CC[C@H](C#Cc2ccc(OCC)cc2)CC1. The highest BCUT2D eigenvalue weighted by Crippen LogP contribution is 2.31. The van der Waals surface area contributed by atoms with Gasteiger partial charge in [-0.05, 0) is 75.6 Å². The van der Waals surface area contributed by atoms with Crippen LogP contribution in [0, 0.1) is 23.7 Å². The van der Waals surface area contributed by atoms with Crippen LogP contribution in [0.1, 0.15) is 51.0 Å². The van der Waals surface area contributed by atoms with Crippen molar-refractivity contribution in [3.05, 3.63) is 42.5 Å². The maximum Gasteiger partial charge on any atom is 0.119 e. The highest BCUT2D eigenvalue weighted by molar-refractivity contribution is 5.38. The Morgan fingerprint density at radius 3 is 2.52 bits per heavy atom. The lowest BCUT2D eigenvalue weighted by Gasteiger charge is -2.25. The summed E-state index contributed by atoms with van der Waals surface area (Å²) in [5, 5.41) is 0. The molecule has 1 aromatic carbocycles. The smallest absolute Gasteiger partial charge is 0.119 e. The zero-order valence-corrected chi connectivity index (χ0v) is 13.1. The number of allylic oxidation sites excluding steroid dienone is 1. The first-order valence-corrected chi connectivity index (χ1v) is 8.17. The molecule has 0 aromatic heterocycles. The summed E-state index contributed by atoms with van der Waals surface area (Å²) in [6, 6.07) is 8.10. The van der Waals surface area contributed by atoms with E-state index in [-0.39, 0.29) is 0 Å². The molecule has 1 heteroatoms. The molecule has 1 fully saturated rings. The van der Waals surface area contributed by atoms with Gasteiger partial charge in [0.15, 0.2) is 0 Å². The van der Waals surface area contributed by atoms with Crippen LogP contribution in [-0.4, -0.2) is 6.61 Å². The standard InChI is InChI=1S/C20H26O/c1-3-5-6-17-7-9-18(10-8-17)11-12-19-13-15-20(16-14-19)21-4-2/h3,13-18H,1,4-10H2,2H3/t17-,18-. The molecule has 0 saturated heterocycles. The third-order valence-corrected chi connectivity index (χ3v) is 4.21. The van der Waals surface area contributed by atoms with E-state index in [1.807, 2.05) is 37.3 Å². The Labute approximate surface area is 129 Å². The van der Waals surface area contributed by atoms with Crippen LogP contribution < -0.4 is 4.74 Å². The van der Waals surface area contributed by atoms with Crippen LogP contribution in [0.4, 0.5) is 0 Å². The van der Waals surface area contributed by atoms with E-state index in [1.165, 1.54) is 32.1 Å². The Kier molecular flexibility index (Phi) is 6.41. The zero-order chi connectivity index (χ0) is 14.9. The van der Waals surface area contributed by atoms with Crippen LogP contribution in [0.3, 0.4) is 0 Å². The van der Waals surface area contributed by atoms with Gasteiger partial charge in [0.25, 0.3) is 0 Å². The lowest BCUT2D eigenvalue weighted by molar-refractivity contribution is 0.303. The van der Waals surface area contributed by atoms with Crippen molar-refractivity contribution in [2.75, 3.05) is 6.61 Å². The molecule has 0 amide bonds. The van der Waals surface area contributed by atoms with Gasteiger partial charge >= 0.3 is 0 Å². The maximum atomic E-state index is 5.44. The molecule has 112 valence electrons. The Morgan fingerprint density at radius 2 is 1.90 bits per heavy atom. The molecule has 0 heterocycles. The summed E-state index contributed by atoms with van der Waals surface area (Å²) in [6.07, 6.45) is 9.68. The average Bonchev–Trinajstić information content (AvgIpc) is 2.53. The number of hydrogen-bond acceptors (Lipinski definition) is 1. The summed E-state index contributed by atoms with van der Waals surface area (Å²) < 4.78 is 5.44. The lowest BCUT2D eigenvalue weighted by atomic mass is 9.80. The summed E-state index contributed by atoms with van der Waals surface area (Å²) in [7, 11) is 0. The molecule has 1 aromatic rings. The largest absolute Gasteiger partial charge is 0.494 e. The van der Waals surface area contributed by atoms with Crippen molar-refractivity contribution in [3.8, 4) is 17.6 Å². The maximum absolute atomic E-state index is 5.44. The summed E-state index contributed by atoms with van der Waals surface area (Å²) in [5.74, 6) is 9.17. The van der Waals surface area contributed by atoms with Crippen LogP contribution in [-0.2, 0) is 0 Å². The minimum absolute atomic E-state index is 0.580. The fourth-order valence-electron chi connectivity index (χ4n) is 2.94. The van der Waals surface area contributed by atoms with Gasteiger partial charge in [0, 0.05) is 11.5 Å². The van der Waals surface area contributed by atoms with Crippen LogP contribution in [0.25, 0.3) is 0 Å². The second kappa shape index (κ2) is 8.57. The van der Waals surface area contributed by atoms with E-state index < -0.39 is 0 Å². The van der Waals surface area contributed by atoms with Crippen molar-refractivity contribution in [2.45, 2.75) is 45.4 Å². The number of hydrogen-bond donors (Lipinski definition) is 0. The van der Waals surface area contributed by atoms with Crippen LogP contribution in [0.5, 0.6) is 5.75 Å². The lowest BCUT2D eigenvalue weighted by Crippen LogP contribution is -2.13. The van der Waals surface area contributed by atoms with Crippen molar-refractivity contribution in [1.29, 1.82) is 0 Å². The Bertz CT molecular complexity index is 481. The second-order valence-corrected chi connectivity index (χ2v) is 5.81. The van der Waals surface area contributed by atoms with Crippen molar-refractivity contribution in [1.82, 2.24) is 0 Å². The van der Waals surface area contributed by atoms with Crippen LogP contribution in [0.15, 0.2) is 36.9 Å². The Balaban J connectivity index is 1.82. The van der Waals surface area contributed by atoms with E-state index in [9.17, 15) is 0 Å². The fourth-order valence-corrected chi connectivity index (χ4v) is 2.94. The van der Waals surface area contributed by atoms with Gasteiger partial charge in [0.2, 0.25) is 0 Å².